The number of halogens is 1. The Morgan fingerprint density at radius 1 is 1.18 bits per heavy atom. The lowest BCUT2D eigenvalue weighted by atomic mass is 10.2. The molecule has 0 radical (unpaired) electrons. The molecule has 0 bridgehead atoms. The molecule has 0 saturated heterocycles. The Kier molecular flexibility index (Phi) is 8.03. The summed E-state index contributed by atoms with van der Waals surface area (Å²) in [5.74, 6) is -0.120. The van der Waals surface area contributed by atoms with Crippen LogP contribution >= 0.6 is 15.9 Å². The molecular weight excluding hydrogens is 444 g/mol. The van der Waals surface area contributed by atoms with Gasteiger partial charge in [-0.05, 0) is 50.1 Å². The highest BCUT2D eigenvalue weighted by molar-refractivity contribution is 9.10. The summed E-state index contributed by atoms with van der Waals surface area (Å²) in [4.78, 5) is 12.6. The van der Waals surface area contributed by atoms with E-state index in [-0.39, 0.29) is 29.6 Å². The van der Waals surface area contributed by atoms with Gasteiger partial charge in [0.1, 0.15) is 10.6 Å². The van der Waals surface area contributed by atoms with Crippen molar-refractivity contribution in [1.29, 1.82) is 0 Å². The largest absolute Gasteiger partial charge is 0.492 e. The number of hydrogen-bond acceptors (Lipinski definition) is 4. The summed E-state index contributed by atoms with van der Waals surface area (Å²) in [5, 5.41) is 2.79. The first-order valence-corrected chi connectivity index (χ1v) is 11.3. The molecule has 0 unspecified atom stereocenters. The number of ether oxygens (including phenoxy) is 1. The molecule has 2 aromatic carbocycles. The average Bonchev–Trinajstić information content (AvgIpc) is 2.65. The molecule has 0 atom stereocenters. The van der Waals surface area contributed by atoms with Crippen LogP contribution in [0.4, 0.5) is 5.69 Å². The number of benzene rings is 2. The number of amides is 1. The normalized spacial score (nSPS) is 11.5. The lowest BCUT2D eigenvalue weighted by Crippen LogP contribution is -2.38. The third-order valence-electron chi connectivity index (χ3n) is 4.04. The number of rotatable bonds is 9. The zero-order valence-corrected chi connectivity index (χ0v) is 18.6. The highest BCUT2D eigenvalue weighted by Crippen LogP contribution is 2.30. The summed E-state index contributed by atoms with van der Waals surface area (Å²) < 4.78 is 33.8. The smallest absolute Gasteiger partial charge is 0.247 e. The minimum Gasteiger partial charge on any atom is -0.492 e. The highest BCUT2D eigenvalue weighted by Gasteiger charge is 2.29. The van der Waals surface area contributed by atoms with E-state index >= 15 is 0 Å². The number of hydrogen-bond donors (Lipinski definition) is 1. The van der Waals surface area contributed by atoms with Crippen molar-refractivity contribution in [2.24, 2.45) is 0 Å². The molecule has 152 valence electrons. The Labute approximate surface area is 175 Å². The van der Waals surface area contributed by atoms with Gasteiger partial charge in [-0.3, -0.25) is 4.79 Å². The molecule has 2 rings (SSSR count). The maximum Gasteiger partial charge on any atom is 0.247 e. The first-order valence-electron chi connectivity index (χ1n) is 9.07. The summed E-state index contributed by atoms with van der Waals surface area (Å²) in [7, 11) is -3.92. The molecular formula is C20H25BrN2O4S. The standard InChI is InChI=1S/C20H25BrN2O4S/c1-4-12-23(14-20(24)22-17-9-7-6-8-15(17)3)28(25,26)19-13-16(21)10-11-18(19)27-5-2/h6-11,13H,4-5,12,14H2,1-3H3,(H,22,24). The van der Waals surface area contributed by atoms with Gasteiger partial charge in [0.05, 0.1) is 13.2 Å². The number of carbonyl (C=O) groups excluding carboxylic acids is 1. The molecule has 0 heterocycles. The summed E-state index contributed by atoms with van der Waals surface area (Å²) in [5.41, 5.74) is 1.57. The molecule has 6 nitrogen and oxygen atoms in total. The van der Waals surface area contributed by atoms with Gasteiger partial charge < -0.3 is 10.1 Å². The Morgan fingerprint density at radius 3 is 2.54 bits per heavy atom. The minimum atomic E-state index is -3.92. The number of carbonyl (C=O) groups is 1. The molecule has 0 aliphatic carbocycles. The molecule has 1 N–H and O–H groups in total. The zero-order valence-electron chi connectivity index (χ0n) is 16.2. The first-order chi connectivity index (χ1) is 13.3. The van der Waals surface area contributed by atoms with Crippen molar-refractivity contribution in [3.63, 3.8) is 0 Å². The number of sulfonamides is 1. The van der Waals surface area contributed by atoms with E-state index in [0.29, 0.717) is 23.2 Å². The van der Waals surface area contributed by atoms with Crippen LogP contribution in [0, 0.1) is 6.92 Å². The molecule has 8 heteroatoms. The molecule has 0 spiro atoms. The van der Waals surface area contributed by atoms with Crippen LogP contribution in [-0.4, -0.2) is 38.3 Å². The quantitative estimate of drug-likeness (QED) is 0.598. The van der Waals surface area contributed by atoms with Gasteiger partial charge in [-0.1, -0.05) is 41.1 Å². The zero-order chi connectivity index (χ0) is 20.7. The van der Waals surface area contributed by atoms with Gasteiger partial charge in [-0.15, -0.1) is 0 Å². The van der Waals surface area contributed by atoms with Crippen LogP contribution in [0.5, 0.6) is 5.75 Å². The Bertz CT molecular complexity index is 932. The number of para-hydroxylation sites is 1. The minimum absolute atomic E-state index is 0.0425. The Morgan fingerprint density at radius 2 is 1.89 bits per heavy atom. The van der Waals surface area contributed by atoms with Crippen LogP contribution in [-0.2, 0) is 14.8 Å². The summed E-state index contributed by atoms with van der Waals surface area (Å²) in [6.07, 6.45) is 0.578. The number of nitrogens with zero attached hydrogens (tertiary/aromatic N) is 1. The van der Waals surface area contributed by atoms with Crippen molar-refractivity contribution < 1.29 is 17.9 Å². The molecule has 0 fully saturated rings. The summed E-state index contributed by atoms with van der Waals surface area (Å²) in [6, 6.07) is 12.2. The van der Waals surface area contributed by atoms with E-state index in [2.05, 4.69) is 21.2 Å². The van der Waals surface area contributed by atoms with E-state index < -0.39 is 10.0 Å². The average molecular weight is 469 g/mol. The van der Waals surface area contributed by atoms with Gasteiger partial charge >= 0.3 is 0 Å². The highest BCUT2D eigenvalue weighted by atomic mass is 79.9. The van der Waals surface area contributed by atoms with Crippen LogP contribution in [0.1, 0.15) is 25.8 Å². The molecule has 0 aliphatic rings. The third kappa shape index (κ3) is 5.56. The van der Waals surface area contributed by atoms with Crippen LogP contribution in [0.3, 0.4) is 0 Å². The Balaban J connectivity index is 2.30. The van der Waals surface area contributed by atoms with Gasteiger partial charge in [0.2, 0.25) is 15.9 Å². The molecule has 28 heavy (non-hydrogen) atoms. The van der Waals surface area contributed by atoms with E-state index in [9.17, 15) is 13.2 Å². The molecule has 1 amide bonds. The monoisotopic (exact) mass is 468 g/mol. The van der Waals surface area contributed by atoms with Crippen molar-refractivity contribution in [3.05, 3.63) is 52.5 Å². The summed E-state index contributed by atoms with van der Waals surface area (Å²) in [6.45, 7) is 5.83. The number of anilines is 1. The van der Waals surface area contributed by atoms with E-state index in [0.717, 1.165) is 5.56 Å². The van der Waals surface area contributed by atoms with Gasteiger partial charge in [-0.25, -0.2) is 8.42 Å². The fourth-order valence-corrected chi connectivity index (χ4v) is 4.85. The topological polar surface area (TPSA) is 75.7 Å². The van der Waals surface area contributed by atoms with Gasteiger partial charge in [0, 0.05) is 16.7 Å². The first kappa shape index (κ1) is 22.4. The van der Waals surface area contributed by atoms with Crippen molar-refractivity contribution >= 4 is 37.5 Å². The summed E-state index contributed by atoms with van der Waals surface area (Å²) >= 11 is 3.31. The second-order valence-corrected chi connectivity index (χ2v) is 9.05. The predicted molar refractivity (Wildman–Crippen MR) is 114 cm³/mol. The SMILES string of the molecule is CCCN(CC(=O)Nc1ccccc1C)S(=O)(=O)c1cc(Br)ccc1OCC. The molecule has 0 aromatic heterocycles. The van der Waals surface area contributed by atoms with Crippen LogP contribution in [0.15, 0.2) is 51.8 Å². The second kappa shape index (κ2) is 10.0. The Hall–Kier alpha value is -1.90. The number of nitrogens with one attached hydrogen (secondary N) is 1. The second-order valence-electron chi connectivity index (χ2n) is 6.23. The van der Waals surface area contributed by atoms with Crippen LogP contribution in [0.25, 0.3) is 0 Å². The van der Waals surface area contributed by atoms with Gasteiger partial charge in [0.15, 0.2) is 0 Å². The fourth-order valence-electron chi connectivity index (χ4n) is 2.69. The molecule has 2 aromatic rings. The molecule has 0 saturated carbocycles. The predicted octanol–water partition coefficient (Wildman–Crippen LogP) is 4.20. The van der Waals surface area contributed by atoms with Crippen molar-refractivity contribution in [2.45, 2.75) is 32.1 Å². The van der Waals surface area contributed by atoms with Gasteiger partial charge in [-0.2, -0.15) is 4.31 Å². The van der Waals surface area contributed by atoms with E-state index in [1.165, 1.54) is 10.4 Å². The maximum atomic E-state index is 13.3. The van der Waals surface area contributed by atoms with Crippen LogP contribution in [0.2, 0.25) is 0 Å². The third-order valence-corrected chi connectivity index (χ3v) is 6.40. The lowest BCUT2D eigenvalue weighted by molar-refractivity contribution is -0.116. The van der Waals surface area contributed by atoms with E-state index in [4.69, 9.17) is 4.74 Å². The van der Waals surface area contributed by atoms with Crippen molar-refractivity contribution in [1.82, 2.24) is 4.31 Å². The maximum absolute atomic E-state index is 13.3. The van der Waals surface area contributed by atoms with Crippen LogP contribution < -0.4 is 10.1 Å². The fraction of sp³-hybridized carbons (Fsp3) is 0.350. The van der Waals surface area contributed by atoms with Crippen molar-refractivity contribution in [3.8, 4) is 5.75 Å². The van der Waals surface area contributed by atoms with E-state index in [1.807, 2.05) is 32.0 Å². The number of aryl methyl sites for hydroxylation is 1. The van der Waals surface area contributed by atoms with Crippen molar-refractivity contribution in [2.75, 3.05) is 25.0 Å². The van der Waals surface area contributed by atoms with E-state index in [1.54, 1.807) is 25.1 Å². The molecule has 0 aliphatic heterocycles. The lowest BCUT2D eigenvalue weighted by Gasteiger charge is -2.23. The van der Waals surface area contributed by atoms with Gasteiger partial charge in [0.25, 0.3) is 0 Å².